The van der Waals surface area contributed by atoms with Gasteiger partial charge >= 0.3 is 6.18 Å². The zero-order chi connectivity index (χ0) is 19.6. The van der Waals surface area contributed by atoms with Crippen LogP contribution in [-0.2, 0) is 0 Å². The van der Waals surface area contributed by atoms with Crippen molar-refractivity contribution in [1.29, 1.82) is 0 Å². The van der Waals surface area contributed by atoms with E-state index in [4.69, 9.17) is 4.74 Å². The fraction of sp³-hybridized carbons (Fsp3) is 0.158. The summed E-state index contributed by atoms with van der Waals surface area (Å²) in [5.41, 5.74) is 1.98. The molecule has 1 aromatic heterocycles. The third-order valence-corrected chi connectivity index (χ3v) is 5.06. The summed E-state index contributed by atoms with van der Waals surface area (Å²) in [5, 5.41) is 0.766. The van der Waals surface area contributed by atoms with E-state index in [1.165, 1.54) is 13.2 Å². The van der Waals surface area contributed by atoms with E-state index in [2.05, 4.69) is 16.7 Å². The van der Waals surface area contributed by atoms with Gasteiger partial charge in [0, 0.05) is 16.5 Å². The molecular formula is C19H15F3N2O2S. The maximum Gasteiger partial charge on any atom is 0.398 e. The van der Waals surface area contributed by atoms with E-state index in [0.717, 1.165) is 5.39 Å². The molecule has 8 heteroatoms. The molecule has 4 nitrogen and oxygen atoms in total. The van der Waals surface area contributed by atoms with Crippen LogP contribution in [0, 0.1) is 0 Å². The van der Waals surface area contributed by atoms with Crippen molar-refractivity contribution in [2.24, 2.45) is 4.99 Å². The highest BCUT2D eigenvalue weighted by Gasteiger charge is 2.29. The molecular weight excluding hydrogens is 377 g/mol. The highest BCUT2D eigenvalue weighted by molar-refractivity contribution is 7.99. The topological polar surface area (TPSA) is 54.4 Å². The third kappa shape index (κ3) is 4.16. The molecule has 0 amide bonds. The number of nitrogens with zero attached hydrogens (tertiary/aromatic N) is 1. The first-order valence-electron chi connectivity index (χ1n) is 7.83. The Kier molecular flexibility index (Phi) is 5.27. The number of aromatic nitrogens is 1. The molecule has 0 spiro atoms. The Morgan fingerprint density at radius 1 is 1.19 bits per heavy atom. The predicted molar refractivity (Wildman–Crippen MR) is 103 cm³/mol. The van der Waals surface area contributed by atoms with Gasteiger partial charge in [-0.25, -0.2) is 0 Å². The van der Waals surface area contributed by atoms with Crippen molar-refractivity contribution in [3.63, 3.8) is 0 Å². The molecule has 0 bridgehead atoms. The van der Waals surface area contributed by atoms with Crippen LogP contribution >= 0.6 is 11.8 Å². The standard InChI is InChI=1S/C19H15F3N2O2S/c1-23-17-15(26-2)7-5-13(18(17)27-10-19(20,21)22)11-3-6-14-12(9-11)4-8-16(25)24-14/h3-9H,1,10H2,2H3,(H,24,25). The summed E-state index contributed by atoms with van der Waals surface area (Å²) in [6.45, 7) is 3.47. The summed E-state index contributed by atoms with van der Waals surface area (Å²) >= 11 is 0.641. The number of pyridine rings is 1. The summed E-state index contributed by atoms with van der Waals surface area (Å²) in [6.07, 6.45) is -4.33. The number of rotatable bonds is 5. The molecule has 0 saturated carbocycles. The highest BCUT2D eigenvalue weighted by atomic mass is 32.2. The molecule has 0 unspecified atom stereocenters. The van der Waals surface area contributed by atoms with Crippen LogP contribution in [-0.4, -0.2) is 30.7 Å². The van der Waals surface area contributed by atoms with E-state index in [0.29, 0.717) is 39.1 Å². The molecule has 0 aliphatic carbocycles. The van der Waals surface area contributed by atoms with Crippen LogP contribution in [0.5, 0.6) is 5.75 Å². The average molecular weight is 392 g/mol. The molecule has 0 atom stereocenters. The lowest BCUT2D eigenvalue weighted by molar-refractivity contribution is -0.105. The number of aromatic amines is 1. The van der Waals surface area contributed by atoms with Gasteiger partial charge in [0.05, 0.1) is 12.9 Å². The number of nitrogens with one attached hydrogen (secondary N) is 1. The number of aliphatic imine (C=N–C) groups is 1. The largest absolute Gasteiger partial charge is 0.494 e. The third-order valence-electron chi connectivity index (χ3n) is 3.89. The predicted octanol–water partition coefficient (Wildman–Crippen LogP) is 5.19. The van der Waals surface area contributed by atoms with Gasteiger partial charge in [0.15, 0.2) is 0 Å². The summed E-state index contributed by atoms with van der Waals surface area (Å²) in [7, 11) is 1.42. The molecule has 1 N–H and O–H groups in total. The van der Waals surface area contributed by atoms with Gasteiger partial charge in [-0.3, -0.25) is 9.79 Å². The number of fused-ring (bicyclic) bond motifs is 1. The summed E-state index contributed by atoms with van der Waals surface area (Å²) in [6, 6.07) is 11.7. The lowest BCUT2D eigenvalue weighted by Gasteiger charge is -2.16. The second-order valence-electron chi connectivity index (χ2n) is 5.68. The number of hydrogen-bond acceptors (Lipinski definition) is 4. The Balaban J connectivity index is 2.17. The van der Waals surface area contributed by atoms with E-state index in [9.17, 15) is 18.0 Å². The minimum Gasteiger partial charge on any atom is -0.494 e. The van der Waals surface area contributed by atoms with Crippen LogP contribution < -0.4 is 10.3 Å². The van der Waals surface area contributed by atoms with Gasteiger partial charge < -0.3 is 9.72 Å². The van der Waals surface area contributed by atoms with Crippen molar-refractivity contribution < 1.29 is 17.9 Å². The first-order chi connectivity index (χ1) is 12.8. The van der Waals surface area contributed by atoms with Crippen molar-refractivity contribution in [3.05, 3.63) is 52.8 Å². The van der Waals surface area contributed by atoms with Gasteiger partial charge in [-0.15, -0.1) is 11.8 Å². The van der Waals surface area contributed by atoms with Crippen molar-refractivity contribution in [3.8, 4) is 16.9 Å². The smallest absolute Gasteiger partial charge is 0.398 e. The number of benzene rings is 2. The quantitative estimate of drug-likeness (QED) is 0.480. The maximum atomic E-state index is 12.8. The van der Waals surface area contributed by atoms with Gasteiger partial charge in [0.1, 0.15) is 11.4 Å². The van der Waals surface area contributed by atoms with Crippen molar-refractivity contribution in [2.75, 3.05) is 12.9 Å². The molecule has 0 aliphatic heterocycles. The zero-order valence-corrected chi connectivity index (χ0v) is 15.1. The zero-order valence-electron chi connectivity index (χ0n) is 14.3. The van der Waals surface area contributed by atoms with Gasteiger partial charge in [0.2, 0.25) is 5.56 Å². The Labute approximate surface area is 157 Å². The molecule has 0 fully saturated rings. The van der Waals surface area contributed by atoms with Crippen LogP contribution in [0.2, 0.25) is 0 Å². The van der Waals surface area contributed by atoms with E-state index >= 15 is 0 Å². The van der Waals surface area contributed by atoms with Crippen molar-refractivity contribution in [1.82, 2.24) is 4.98 Å². The number of methoxy groups -OCH3 is 1. The lowest BCUT2D eigenvalue weighted by Crippen LogP contribution is -2.10. The molecule has 140 valence electrons. The minimum atomic E-state index is -4.33. The normalized spacial score (nSPS) is 11.6. The highest BCUT2D eigenvalue weighted by Crippen LogP contribution is 2.45. The molecule has 0 radical (unpaired) electrons. The van der Waals surface area contributed by atoms with Crippen LogP contribution in [0.3, 0.4) is 0 Å². The molecule has 2 aromatic carbocycles. The SMILES string of the molecule is C=Nc1c(OC)ccc(-c2ccc3[nH]c(=O)ccc3c2)c1SCC(F)(F)F. The van der Waals surface area contributed by atoms with Crippen molar-refractivity contribution in [2.45, 2.75) is 11.1 Å². The van der Waals surface area contributed by atoms with Crippen LogP contribution in [0.4, 0.5) is 18.9 Å². The van der Waals surface area contributed by atoms with Crippen molar-refractivity contribution >= 4 is 35.1 Å². The monoisotopic (exact) mass is 392 g/mol. The van der Waals surface area contributed by atoms with E-state index in [-0.39, 0.29) is 11.2 Å². The lowest BCUT2D eigenvalue weighted by atomic mass is 10.0. The Morgan fingerprint density at radius 2 is 1.96 bits per heavy atom. The van der Waals surface area contributed by atoms with Crippen LogP contribution in [0.25, 0.3) is 22.0 Å². The molecule has 1 heterocycles. The Hall–Kier alpha value is -2.74. The molecule has 0 saturated heterocycles. The number of hydrogen-bond donors (Lipinski definition) is 1. The molecule has 3 aromatic rings. The summed E-state index contributed by atoms with van der Waals surface area (Å²) < 4.78 is 43.6. The summed E-state index contributed by atoms with van der Waals surface area (Å²) in [5.74, 6) is -0.708. The fourth-order valence-electron chi connectivity index (χ4n) is 2.72. The van der Waals surface area contributed by atoms with E-state index in [1.807, 2.05) is 0 Å². The second-order valence-corrected chi connectivity index (χ2v) is 6.67. The fourth-order valence-corrected chi connectivity index (χ4v) is 3.67. The van der Waals surface area contributed by atoms with E-state index < -0.39 is 11.9 Å². The second kappa shape index (κ2) is 7.48. The number of thioether (sulfide) groups is 1. The average Bonchev–Trinajstić information content (AvgIpc) is 2.64. The number of H-pyrrole nitrogens is 1. The number of ether oxygens (including phenoxy) is 1. The number of halogens is 3. The first kappa shape index (κ1) is 19.0. The van der Waals surface area contributed by atoms with Gasteiger partial charge in [-0.1, -0.05) is 6.07 Å². The molecule has 27 heavy (non-hydrogen) atoms. The molecule has 3 rings (SSSR count). The minimum absolute atomic E-state index is 0.223. The first-order valence-corrected chi connectivity index (χ1v) is 8.81. The van der Waals surface area contributed by atoms with Gasteiger partial charge in [-0.05, 0) is 53.6 Å². The maximum absolute atomic E-state index is 12.8. The number of alkyl halides is 3. The van der Waals surface area contributed by atoms with Gasteiger partial charge in [-0.2, -0.15) is 13.2 Å². The Bertz CT molecular complexity index is 1060. The van der Waals surface area contributed by atoms with Crippen LogP contribution in [0.15, 0.2) is 57.1 Å². The molecule has 0 aliphatic rings. The Morgan fingerprint density at radius 3 is 2.63 bits per heavy atom. The van der Waals surface area contributed by atoms with Crippen LogP contribution in [0.1, 0.15) is 0 Å². The summed E-state index contributed by atoms with van der Waals surface area (Å²) in [4.78, 5) is 18.4. The van der Waals surface area contributed by atoms with Gasteiger partial charge in [0.25, 0.3) is 0 Å². The van der Waals surface area contributed by atoms with E-state index in [1.54, 1.807) is 36.4 Å².